The van der Waals surface area contributed by atoms with E-state index in [1.54, 1.807) is 7.11 Å². The van der Waals surface area contributed by atoms with Crippen molar-refractivity contribution in [3.8, 4) is 17.1 Å². The topological polar surface area (TPSA) is 68.3 Å². The molecule has 6 nitrogen and oxygen atoms in total. The smallest absolute Gasteiger partial charge is 0.200 e. The highest BCUT2D eigenvalue weighted by Crippen LogP contribution is 2.33. The maximum absolute atomic E-state index is 5.85. The van der Waals surface area contributed by atoms with Gasteiger partial charge < -0.3 is 20.1 Å². The van der Waals surface area contributed by atoms with E-state index in [2.05, 4.69) is 10.6 Å². The fourth-order valence-corrected chi connectivity index (χ4v) is 3.43. The molecule has 33 heavy (non-hydrogen) atoms. The second-order valence-electron chi connectivity index (χ2n) is 7.33. The molecule has 4 aromatic rings. The first kappa shape index (κ1) is 20.3. The van der Waals surface area contributed by atoms with Crippen molar-refractivity contribution in [2.45, 2.75) is 0 Å². The van der Waals surface area contributed by atoms with Crippen LogP contribution < -0.4 is 15.4 Å². The van der Waals surface area contributed by atoms with Crippen LogP contribution in [-0.2, 0) is 4.74 Å². The SMILES string of the molecule is CO/C(=C/c1cccc(-c2cccc(/C=C3\Nc4ccccc4O3)n2)n1)Nc1ccccc1. The van der Waals surface area contributed by atoms with E-state index in [1.807, 2.05) is 103 Å². The summed E-state index contributed by atoms with van der Waals surface area (Å²) in [6, 6.07) is 29.3. The number of hydrogen-bond acceptors (Lipinski definition) is 6. The van der Waals surface area contributed by atoms with Crippen LogP contribution in [0, 0.1) is 0 Å². The number of pyridine rings is 2. The fraction of sp³-hybridized carbons (Fsp3) is 0.0370. The van der Waals surface area contributed by atoms with Crippen molar-refractivity contribution < 1.29 is 9.47 Å². The summed E-state index contributed by atoms with van der Waals surface area (Å²) in [6.07, 6.45) is 3.73. The molecule has 0 saturated carbocycles. The number of aromatic nitrogens is 2. The Morgan fingerprint density at radius 1 is 0.818 bits per heavy atom. The van der Waals surface area contributed by atoms with Gasteiger partial charge in [0.05, 0.1) is 35.6 Å². The van der Waals surface area contributed by atoms with Crippen molar-refractivity contribution in [3.05, 3.63) is 114 Å². The molecule has 2 aromatic carbocycles. The Balaban J connectivity index is 1.37. The second-order valence-corrected chi connectivity index (χ2v) is 7.33. The van der Waals surface area contributed by atoms with Crippen molar-refractivity contribution >= 4 is 23.5 Å². The lowest BCUT2D eigenvalue weighted by molar-refractivity contribution is 0.301. The van der Waals surface area contributed by atoms with Gasteiger partial charge in [-0.1, -0.05) is 42.5 Å². The third kappa shape index (κ3) is 4.85. The number of hydrogen-bond donors (Lipinski definition) is 2. The predicted molar refractivity (Wildman–Crippen MR) is 131 cm³/mol. The minimum absolute atomic E-state index is 0.598. The summed E-state index contributed by atoms with van der Waals surface area (Å²) in [6.45, 7) is 0. The molecule has 3 heterocycles. The van der Waals surface area contributed by atoms with Crippen LogP contribution >= 0.6 is 0 Å². The molecule has 0 atom stereocenters. The summed E-state index contributed by atoms with van der Waals surface area (Å²) in [7, 11) is 1.63. The third-order valence-corrected chi connectivity index (χ3v) is 4.99. The van der Waals surface area contributed by atoms with Crippen LogP contribution in [0.3, 0.4) is 0 Å². The minimum Gasteiger partial charge on any atom is -0.482 e. The Morgan fingerprint density at radius 2 is 1.52 bits per heavy atom. The number of ether oxygens (including phenoxy) is 2. The predicted octanol–water partition coefficient (Wildman–Crippen LogP) is 6.00. The molecular formula is C27H22N4O2. The monoisotopic (exact) mass is 434 g/mol. The average Bonchev–Trinajstić information content (AvgIpc) is 3.27. The Bertz CT molecular complexity index is 1310. The molecule has 0 aliphatic carbocycles. The van der Waals surface area contributed by atoms with Gasteiger partial charge in [-0.2, -0.15) is 0 Å². The number of rotatable bonds is 6. The van der Waals surface area contributed by atoms with E-state index in [-0.39, 0.29) is 0 Å². The normalized spacial score (nSPS) is 13.7. The number of para-hydroxylation sites is 3. The molecule has 162 valence electrons. The summed E-state index contributed by atoms with van der Waals surface area (Å²) < 4.78 is 11.3. The summed E-state index contributed by atoms with van der Waals surface area (Å²) >= 11 is 0. The minimum atomic E-state index is 0.598. The highest BCUT2D eigenvalue weighted by molar-refractivity contribution is 5.69. The van der Waals surface area contributed by atoms with Crippen LogP contribution in [0.1, 0.15) is 11.4 Å². The van der Waals surface area contributed by atoms with Gasteiger partial charge in [-0.15, -0.1) is 0 Å². The number of benzene rings is 2. The van der Waals surface area contributed by atoms with E-state index in [0.29, 0.717) is 11.8 Å². The van der Waals surface area contributed by atoms with Crippen LogP contribution in [0.5, 0.6) is 5.75 Å². The van der Waals surface area contributed by atoms with Crippen LogP contribution in [0.2, 0.25) is 0 Å². The van der Waals surface area contributed by atoms with Crippen molar-refractivity contribution in [2.24, 2.45) is 0 Å². The number of methoxy groups -OCH3 is 1. The first-order valence-corrected chi connectivity index (χ1v) is 10.5. The summed E-state index contributed by atoms with van der Waals surface area (Å²) in [5.74, 6) is 2.04. The number of anilines is 2. The lowest BCUT2D eigenvalue weighted by Gasteiger charge is -2.10. The van der Waals surface area contributed by atoms with Gasteiger partial charge in [0.25, 0.3) is 0 Å². The molecule has 0 amide bonds. The number of nitrogens with zero attached hydrogens (tertiary/aromatic N) is 2. The zero-order valence-electron chi connectivity index (χ0n) is 18.0. The van der Waals surface area contributed by atoms with Crippen LogP contribution in [0.15, 0.2) is 103 Å². The van der Waals surface area contributed by atoms with Crippen LogP contribution in [0.4, 0.5) is 11.4 Å². The third-order valence-electron chi connectivity index (χ3n) is 4.99. The van der Waals surface area contributed by atoms with Gasteiger partial charge in [-0.25, -0.2) is 9.97 Å². The van der Waals surface area contributed by atoms with Crippen molar-refractivity contribution in [1.29, 1.82) is 0 Å². The first-order valence-electron chi connectivity index (χ1n) is 10.5. The van der Waals surface area contributed by atoms with Crippen molar-refractivity contribution in [1.82, 2.24) is 9.97 Å². The zero-order chi connectivity index (χ0) is 22.5. The highest BCUT2D eigenvalue weighted by atomic mass is 16.5. The molecule has 0 spiro atoms. The Hall–Kier alpha value is -4.58. The van der Waals surface area contributed by atoms with Gasteiger partial charge in [0, 0.05) is 17.8 Å². The number of nitrogens with one attached hydrogen (secondary N) is 2. The second kappa shape index (κ2) is 9.28. The van der Waals surface area contributed by atoms with Gasteiger partial charge in [-0.3, -0.25) is 0 Å². The maximum Gasteiger partial charge on any atom is 0.200 e. The molecule has 0 bridgehead atoms. The van der Waals surface area contributed by atoms with E-state index in [4.69, 9.17) is 19.4 Å². The fourth-order valence-electron chi connectivity index (χ4n) is 3.43. The molecule has 6 heteroatoms. The highest BCUT2D eigenvalue weighted by Gasteiger charge is 2.15. The Morgan fingerprint density at radius 3 is 2.27 bits per heavy atom. The maximum atomic E-state index is 5.85. The summed E-state index contributed by atoms with van der Waals surface area (Å²) in [5, 5.41) is 6.50. The molecule has 5 rings (SSSR count). The van der Waals surface area contributed by atoms with Gasteiger partial charge in [0.15, 0.2) is 17.5 Å². The lowest BCUT2D eigenvalue weighted by atomic mass is 10.2. The number of fused-ring (bicyclic) bond motifs is 1. The lowest BCUT2D eigenvalue weighted by Crippen LogP contribution is -2.02. The van der Waals surface area contributed by atoms with E-state index >= 15 is 0 Å². The van der Waals surface area contributed by atoms with E-state index in [0.717, 1.165) is 39.9 Å². The molecule has 0 unspecified atom stereocenters. The zero-order valence-corrected chi connectivity index (χ0v) is 18.0. The molecule has 0 radical (unpaired) electrons. The average molecular weight is 434 g/mol. The quantitative estimate of drug-likeness (QED) is 0.363. The molecule has 1 aliphatic rings. The van der Waals surface area contributed by atoms with E-state index < -0.39 is 0 Å². The van der Waals surface area contributed by atoms with Crippen LogP contribution in [0.25, 0.3) is 23.5 Å². The first-order chi connectivity index (χ1) is 16.3. The van der Waals surface area contributed by atoms with Gasteiger partial charge in [-0.05, 0) is 48.5 Å². The Labute approximate surface area is 192 Å². The molecule has 2 N–H and O–H groups in total. The van der Waals surface area contributed by atoms with E-state index in [1.165, 1.54) is 0 Å². The van der Waals surface area contributed by atoms with E-state index in [9.17, 15) is 0 Å². The van der Waals surface area contributed by atoms with Crippen LogP contribution in [-0.4, -0.2) is 17.1 Å². The van der Waals surface area contributed by atoms with Crippen molar-refractivity contribution in [3.63, 3.8) is 0 Å². The summed E-state index contributed by atoms with van der Waals surface area (Å²) in [5.41, 5.74) is 4.95. The molecule has 2 aromatic heterocycles. The van der Waals surface area contributed by atoms with Gasteiger partial charge in [0.2, 0.25) is 0 Å². The largest absolute Gasteiger partial charge is 0.482 e. The van der Waals surface area contributed by atoms with Gasteiger partial charge >= 0.3 is 0 Å². The Kier molecular flexibility index (Phi) is 5.72. The molecule has 1 aliphatic heterocycles. The summed E-state index contributed by atoms with van der Waals surface area (Å²) in [4.78, 5) is 9.50. The molecular weight excluding hydrogens is 412 g/mol. The molecule has 0 saturated heterocycles. The van der Waals surface area contributed by atoms with Crippen molar-refractivity contribution in [2.75, 3.05) is 17.7 Å². The molecule has 0 fully saturated rings. The van der Waals surface area contributed by atoms with Gasteiger partial charge in [0.1, 0.15) is 0 Å². The standard InChI is InChI=1S/C27H22N4O2/c1-32-26(30-19-9-3-2-4-10-19)17-20-11-7-14-22(28-20)23-15-8-12-21(29-23)18-27-31-24-13-5-6-16-25(24)33-27/h2-18,30-31H,1H3/b26-17+,27-18+.